The van der Waals surface area contributed by atoms with Crippen LogP contribution < -0.4 is 10.6 Å². The van der Waals surface area contributed by atoms with Gasteiger partial charge in [0.15, 0.2) is 0 Å². The maximum Gasteiger partial charge on any atom is 0.407 e. The van der Waals surface area contributed by atoms with Gasteiger partial charge >= 0.3 is 6.09 Å². The molecule has 0 aromatic carbocycles. The molecule has 3 aliphatic carbocycles. The number of ether oxygens (including phenoxy) is 2. The summed E-state index contributed by atoms with van der Waals surface area (Å²) in [5, 5.41) is 6.42. The van der Waals surface area contributed by atoms with Crippen LogP contribution in [0.1, 0.15) is 85.5 Å². The standard InChI is InChI=1S/C24H40N2O5/c1-17-15-18-7-5-8-19(16-18)24(17)29-23(30-31-24)11-9-20(10-12-23)25-13-6-14-26-21(27)28-22(2,3)4/h15,17,19-20,25H,5-14,16H2,1-4H3,(H,26,27). The van der Waals surface area contributed by atoms with Crippen LogP contribution >= 0.6 is 0 Å². The van der Waals surface area contributed by atoms with Gasteiger partial charge in [-0.2, -0.15) is 9.78 Å². The Kier molecular flexibility index (Phi) is 6.69. The molecular weight excluding hydrogens is 396 g/mol. The number of nitrogens with one attached hydrogen (secondary N) is 2. The van der Waals surface area contributed by atoms with Crippen LogP contribution in [0, 0.1) is 11.8 Å². The lowest BCUT2D eigenvalue weighted by molar-refractivity contribution is -0.371. The van der Waals surface area contributed by atoms with Crippen molar-refractivity contribution in [1.82, 2.24) is 10.6 Å². The van der Waals surface area contributed by atoms with Gasteiger partial charge in [-0.15, -0.1) is 0 Å². The van der Waals surface area contributed by atoms with Gasteiger partial charge in [0.05, 0.1) is 0 Å². The number of carbonyl (C=O) groups is 1. The first-order valence-electron chi connectivity index (χ1n) is 12.2. The Hall–Kier alpha value is -1.15. The summed E-state index contributed by atoms with van der Waals surface area (Å²) in [5.74, 6) is -0.552. The lowest BCUT2D eigenvalue weighted by atomic mass is 9.70. The molecule has 3 unspecified atom stereocenters. The highest BCUT2D eigenvalue weighted by molar-refractivity contribution is 5.67. The zero-order valence-electron chi connectivity index (χ0n) is 19.6. The van der Waals surface area contributed by atoms with E-state index in [4.69, 9.17) is 19.2 Å². The first-order valence-corrected chi connectivity index (χ1v) is 12.2. The van der Waals surface area contributed by atoms with Crippen molar-refractivity contribution in [2.24, 2.45) is 11.8 Å². The van der Waals surface area contributed by atoms with Gasteiger partial charge in [-0.25, -0.2) is 4.79 Å². The second-order valence-corrected chi connectivity index (χ2v) is 10.8. The number of allylic oxidation sites excluding steroid dienone is 1. The predicted octanol–water partition coefficient (Wildman–Crippen LogP) is 4.57. The molecule has 4 aliphatic rings. The number of hydrogen-bond acceptors (Lipinski definition) is 6. The molecule has 2 saturated carbocycles. The summed E-state index contributed by atoms with van der Waals surface area (Å²) in [5.41, 5.74) is 1.11. The molecule has 176 valence electrons. The zero-order valence-corrected chi connectivity index (χ0v) is 19.6. The highest BCUT2D eigenvalue weighted by atomic mass is 17.3. The summed E-state index contributed by atoms with van der Waals surface area (Å²) in [6, 6.07) is 0.445. The third-order valence-corrected chi connectivity index (χ3v) is 7.12. The molecule has 4 rings (SSSR count). The van der Waals surface area contributed by atoms with Crippen molar-refractivity contribution in [2.75, 3.05) is 13.1 Å². The molecule has 2 bridgehead atoms. The molecule has 3 fully saturated rings. The molecule has 2 spiro atoms. The average Bonchev–Trinajstić information content (AvgIpc) is 3.08. The minimum absolute atomic E-state index is 0.231. The molecule has 1 saturated heterocycles. The van der Waals surface area contributed by atoms with E-state index in [-0.39, 0.29) is 12.0 Å². The summed E-state index contributed by atoms with van der Waals surface area (Å²) in [6.45, 7) is 9.28. The van der Waals surface area contributed by atoms with Crippen LogP contribution in [0.5, 0.6) is 0 Å². The first-order chi connectivity index (χ1) is 14.7. The minimum atomic E-state index is -0.600. The fourth-order valence-corrected chi connectivity index (χ4v) is 5.56. The molecule has 7 nitrogen and oxygen atoms in total. The Morgan fingerprint density at radius 3 is 2.71 bits per heavy atom. The van der Waals surface area contributed by atoms with Crippen LogP contribution in [0.4, 0.5) is 4.79 Å². The van der Waals surface area contributed by atoms with E-state index in [1.807, 2.05) is 20.8 Å². The Morgan fingerprint density at radius 1 is 1.19 bits per heavy atom. The highest BCUT2D eigenvalue weighted by Gasteiger charge is 2.61. The molecule has 0 aromatic rings. The summed E-state index contributed by atoms with van der Waals surface area (Å²) in [7, 11) is 0. The fraction of sp³-hybridized carbons (Fsp3) is 0.875. The number of alkyl carbamates (subject to hydrolysis) is 1. The third kappa shape index (κ3) is 5.27. The van der Waals surface area contributed by atoms with Gasteiger partial charge in [0.25, 0.3) is 0 Å². The molecule has 31 heavy (non-hydrogen) atoms. The van der Waals surface area contributed by atoms with Crippen molar-refractivity contribution in [3.8, 4) is 0 Å². The van der Waals surface area contributed by atoms with Gasteiger partial charge in [0, 0.05) is 37.3 Å². The quantitative estimate of drug-likeness (QED) is 0.373. The second kappa shape index (κ2) is 9.00. The van der Waals surface area contributed by atoms with Crippen molar-refractivity contribution in [1.29, 1.82) is 0 Å². The fourth-order valence-electron chi connectivity index (χ4n) is 5.56. The van der Waals surface area contributed by atoms with Gasteiger partial charge in [0.2, 0.25) is 11.6 Å². The molecule has 1 amide bonds. The monoisotopic (exact) mass is 436 g/mol. The maximum absolute atomic E-state index is 11.7. The molecule has 0 radical (unpaired) electrons. The SMILES string of the molecule is CC1C=C2CCCC(C2)C12OOC1(CCC(NCCCNC(=O)OC(C)(C)C)CC1)O2. The third-order valence-electron chi connectivity index (χ3n) is 7.12. The van der Waals surface area contributed by atoms with Crippen molar-refractivity contribution in [3.05, 3.63) is 11.6 Å². The summed E-state index contributed by atoms with van der Waals surface area (Å²) < 4.78 is 11.9. The Balaban J connectivity index is 1.18. The predicted molar refractivity (Wildman–Crippen MR) is 117 cm³/mol. The summed E-state index contributed by atoms with van der Waals surface area (Å²) in [4.78, 5) is 23.7. The number of rotatable bonds is 5. The van der Waals surface area contributed by atoms with Gasteiger partial charge < -0.3 is 20.1 Å². The maximum atomic E-state index is 11.7. The largest absolute Gasteiger partial charge is 0.444 e. The van der Waals surface area contributed by atoms with Crippen molar-refractivity contribution in [2.45, 2.75) is 109 Å². The number of amides is 1. The van der Waals surface area contributed by atoms with E-state index in [1.165, 1.54) is 12.8 Å². The molecule has 7 heteroatoms. The Morgan fingerprint density at radius 2 is 1.97 bits per heavy atom. The van der Waals surface area contributed by atoms with E-state index in [0.29, 0.717) is 18.5 Å². The highest BCUT2D eigenvalue weighted by Crippen LogP contribution is 2.55. The van der Waals surface area contributed by atoms with Gasteiger partial charge in [-0.05, 0) is 72.3 Å². The van der Waals surface area contributed by atoms with E-state index in [0.717, 1.165) is 51.5 Å². The van der Waals surface area contributed by atoms with Gasteiger partial charge in [0.1, 0.15) is 5.60 Å². The van der Waals surface area contributed by atoms with Crippen LogP contribution in [-0.4, -0.2) is 42.4 Å². The molecular formula is C24H40N2O5. The van der Waals surface area contributed by atoms with Crippen molar-refractivity contribution >= 4 is 6.09 Å². The van der Waals surface area contributed by atoms with E-state index in [2.05, 4.69) is 23.6 Å². The van der Waals surface area contributed by atoms with Crippen LogP contribution in [0.25, 0.3) is 0 Å². The Labute approximate surface area is 186 Å². The summed E-state index contributed by atoms with van der Waals surface area (Å²) >= 11 is 0. The molecule has 3 atom stereocenters. The topological polar surface area (TPSA) is 78.1 Å². The number of carbonyl (C=O) groups excluding carboxylic acids is 1. The molecule has 2 N–H and O–H groups in total. The van der Waals surface area contributed by atoms with Crippen LogP contribution in [0.15, 0.2) is 11.6 Å². The normalized spacial score (nSPS) is 37.7. The van der Waals surface area contributed by atoms with Crippen LogP contribution in [0.3, 0.4) is 0 Å². The number of hydrogen-bond donors (Lipinski definition) is 2. The zero-order chi connectivity index (χ0) is 22.1. The van der Waals surface area contributed by atoms with E-state index < -0.39 is 17.2 Å². The molecule has 1 heterocycles. The minimum Gasteiger partial charge on any atom is -0.444 e. The average molecular weight is 437 g/mol. The molecule has 0 aromatic heterocycles. The van der Waals surface area contributed by atoms with Crippen LogP contribution in [-0.2, 0) is 19.2 Å². The van der Waals surface area contributed by atoms with E-state index >= 15 is 0 Å². The Bertz CT molecular complexity index is 680. The molecule has 1 aliphatic heterocycles. The second-order valence-electron chi connectivity index (χ2n) is 10.8. The van der Waals surface area contributed by atoms with E-state index in [9.17, 15) is 4.79 Å². The first kappa shape index (κ1) is 23.0. The van der Waals surface area contributed by atoms with Gasteiger partial charge in [-0.3, -0.25) is 0 Å². The lowest BCUT2D eigenvalue weighted by Crippen LogP contribution is -2.51. The van der Waals surface area contributed by atoms with Crippen LogP contribution in [0.2, 0.25) is 0 Å². The lowest BCUT2D eigenvalue weighted by Gasteiger charge is -2.45. The van der Waals surface area contributed by atoms with Gasteiger partial charge in [-0.1, -0.05) is 18.6 Å². The number of fused-ring (bicyclic) bond motifs is 3. The summed E-state index contributed by atoms with van der Waals surface area (Å²) in [6.07, 6.45) is 11.3. The van der Waals surface area contributed by atoms with Crippen molar-refractivity contribution in [3.63, 3.8) is 0 Å². The smallest absolute Gasteiger partial charge is 0.407 e. The van der Waals surface area contributed by atoms with E-state index in [1.54, 1.807) is 5.57 Å². The van der Waals surface area contributed by atoms with Crippen molar-refractivity contribution < 1.29 is 24.0 Å².